The smallest absolute Gasteiger partial charge is 0.239 e. The molecule has 0 atom stereocenters. The molecule has 0 N–H and O–H groups in total. The van der Waals surface area contributed by atoms with E-state index >= 15 is 0 Å². The molecule has 1 aromatic carbocycles. The average Bonchev–Trinajstić information content (AvgIpc) is 2.61. The molecule has 0 bridgehead atoms. The van der Waals surface area contributed by atoms with Gasteiger partial charge in [-0.25, -0.2) is 8.42 Å². The van der Waals surface area contributed by atoms with Gasteiger partial charge in [0.2, 0.25) is 15.9 Å². The molecule has 142 valence electrons. The molecule has 1 saturated heterocycles. The number of hydrogen-bond acceptors (Lipinski definition) is 4. The van der Waals surface area contributed by atoms with Crippen molar-refractivity contribution < 1.29 is 13.2 Å². The minimum absolute atomic E-state index is 0.307. The summed E-state index contributed by atoms with van der Waals surface area (Å²) in [6.45, 7) is 11.8. The summed E-state index contributed by atoms with van der Waals surface area (Å²) in [6, 6.07) is 8.16. The molecule has 1 amide bonds. The van der Waals surface area contributed by atoms with Gasteiger partial charge in [-0.2, -0.15) is 4.31 Å². The van der Waals surface area contributed by atoms with E-state index in [0.29, 0.717) is 39.3 Å². The van der Waals surface area contributed by atoms with Crippen LogP contribution in [-0.4, -0.2) is 68.6 Å². The van der Waals surface area contributed by atoms with Gasteiger partial charge in [0.15, 0.2) is 0 Å². The van der Waals surface area contributed by atoms with Gasteiger partial charge in [0.05, 0.1) is 0 Å². The lowest BCUT2D eigenvalue weighted by Crippen LogP contribution is -2.51. The molecule has 2 rings (SSSR count). The van der Waals surface area contributed by atoms with Gasteiger partial charge in [-0.15, -0.1) is 13.2 Å². The standard InChI is InChI=1S/C19H27N3O3S/c1-4-9-21(10-5-2)19(23)16-26(24,25)22-13-11-20(12-14-22)18-8-6-7-17(3)15-18/h4-8,15H,1-2,9-14,16H2,3H3. The summed E-state index contributed by atoms with van der Waals surface area (Å²) in [5.74, 6) is -0.940. The molecule has 0 aromatic heterocycles. The molecule has 26 heavy (non-hydrogen) atoms. The number of sulfonamides is 1. The third-order valence-corrected chi connectivity index (χ3v) is 6.12. The van der Waals surface area contributed by atoms with E-state index in [9.17, 15) is 13.2 Å². The van der Waals surface area contributed by atoms with Crippen molar-refractivity contribution in [3.8, 4) is 0 Å². The topological polar surface area (TPSA) is 60.9 Å². The van der Waals surface area contributed by atoms with E-state index in [0.717, 1.165) is 5.69 Å². The molecule has 1 aliphatic heterocycles. The number of anilines is 1. The van der Waals surface area contributed by atoms with Crippen LogP contribution >= 0.6 is 0 Å². The second-order valence-electron chi connectivity index (χ2n) is 6.36. The SMILES string of the molecule is C=CCN(CC=C)C(=O)CS(=O)(=O)N1CCN(c2cccc(C)c2)CC1. The van der Waals surface area contributed by atoms with Crippen LogP contribution in [0.4, 0.5) is 5.69 Å². The Bertz CT molecular complexity index is 743. The van der Waals surface area contributed by atoms with Crippen molar-refractivity contribution in [1.82, 2.24) is 9.21 Å². The fourth-order valence-electron chi connectivity index (χ4n) is 2.98. The molecular weight excluding hydrogens is 350 g/mol. The van der Waals surface area contributed by atoms with Crippen LogP contribution in [-0.2, 0) is 14.8 Å². The molecule has 1 fully saturated rings. The van der Waals surface area contributed by atoms with E-state index in [4.69, 9.17) is 0 Å². The van der Waals surface area contributed by atoms with Crippen LogP contribution in [0.1, 0.15) is 5.56 Å². The Morgan fingerprint density at radius 1 is 1.15 bits per heavy atom. The summed E-state index contributed by atoms with van der Waals surface area (Å²) < 4.78 is 26.6. The van der Waals surface area contributed by atoms with Crippen molar-refractivity contribution in [1.29, 1.82) is 0 Å². The minimum Gasteiger partial charge on any atom is -0.369 e. The summed E-state index contributed by atoms with van der Waals surface area (Å²) in [5, 5.41) is 0. The largest absolute Gasteiger partial charge is 0.369 e. The van der Waals surface area contributed by atoms with Crippen molar-refractivity contribution in [2.45, 2.75) is 6.92 Å². The zero-order chi connectivity index (χ0) is 19.2. The number of rotatable bonds is 8. The normalized spacial score (nSPS) is 15.5. The van der Waals surface area contributed by atoms with Crippen LogP contribution in [0.5, 0.6) is 0 Å². The molecule has 7 heteroatoms. The first-order chi connectivity index (χ1) is 12.4. The third-order valence-electron chi connectivity index (χ3n) is 4.36. The van der Waals surface area contributed by atoms with Gasteiger partial charge in [0.25, 0.3) is 0 Å². The predicted octanol–water partition coefficient (Wildman–Crippen LogP) is 1.65. The lowest BCUT2D eigenvalue weighted by Gasteiger charge is -2.35. The van der Waals surface area contributed by atoms with Gasteiger partial charge >= 0.3 is 0 Å². The molecule has 0 unspecified atom stereocenters. The Balaban J connectivity index is 1.97. The molecule has 0 saturated carbocycles. The van der Waals surface area contributed by atoms with Crippen LogP contribution in [0.3, 0.4) is 0 Å². The van der Waals surface area contributed by atoms with Crippen molar-refractivity contribution in [2.75, 3.05) is 49.9 Å². The highest BCUT2D eigenvalue weighted by Gasteiger charge is 2.30. The maximum atomic E-state index is 12.6. The molecule has 0 spiro atoms. The second-order valence-corrected chi connectivity index (χ2v) is 8.33. The molecule has 0 radical (unpaired) electrons. The first-order valence-corrected chi connectivity index (χ1v) is 10.3. The van der Waals surface area contributed by atoms with Crippen molar-refractivity contribution in [3.05, 3.63) is 55.1 Å². The van der Waals surface area contributed by atoms with Crippen molar-refractivity contribution in [2.24, 2.45) is 0 Å². The summed E-state index contributed by atoms with van der Waals surface area (Å²) in [6.07, 6.45) is 3.16. The fraction of sp³-hybridized carbons (Fsp3) is 0.421. The Morgan fingerprint density at radius 2 is 1.77 bits per heavy atom. The van der Waals surface area contributed by atoms with Crippen molar-refractivity contribution >= 4 is 21.6 Å². The molecule has 6 nitrogen and oxygen atoms in total. The number of aryl methyl sites for hydroxylation is 1. The summed E-state index contributed by atoms with van der Waals surface area (Å²) in [7, 11) is -3.63. The maximum Gasteiger partial charge on any atom is 0.239 e. The number of benzene rings is 1. The average molecular weight is 378 g/mol. The Hall–Kier alpha value is -2.12. The number of hydrogen-bond donors (Lipinski definition) is 0. The zero-order valence-corrected chi connectivity index (χ0v) is 16.1. The highest BCUT2D eigenvalue weighted by molar-refractivity contribution is 7.89. The molecular formula is C19H27N3O3S. The zero-order valence-electron chi connectivity index (χ0n) is 15.3. The Morgan fingerprint density at radius 3 is 2.31 bits per heavy atom. The van der Waals surface area contributed by atoms with Gasteiger partial charge in [-0.05, 0) is 24.6 Å². The van der Waals surface area contributed by atoms with Crippen LogP contribution < -0.4 is 4.90 Å². The lowest BCUT2D eigenvalue weighted by atomic mass is 10.2. The molecule has 1 aromatic rings. The Kier molecular flexibility index (Phi) is 6.99. The number of nitrogens with zero attached hydrogens (tertiary/aromatic N) is 3. The van der Waals surface area contributed by atoms with Crippen LogP contribution in [0.2, 0.25) is 0 Å². The van der Waals surface area contributed by atoms with Gasteiger partial charge in [0.1, 0.15) is 5.75 Å². The number of amides is 1. The number of piperazine rings is 1. The van der Waals surface area contributed by atoms with Gasteiger partial charge < -0.3 is 9.80 Å². The maximum absolute atomic E-state index is 12.6. The van der Waals surface area contributed by atoms with E-state index in [1.165, 1.54) is 14.8 Å². The van der Waals surface area contributed by atoms with E-state index in [2.05, 4.69) is 24.1 Å². The summed E-state index contributed by atoms with van der Waals surface area (Å²) in [5.41, 5.74) is 2.27. The van der Waals surface area contributed by atoms with E-state index < -0.39 is 21.7 Å². The third kappa shape index (κ3) is 5.19. The van der Waals surface area contributed by atoms with E-state index in [-0.39, 0.29) is 0 Å². The van der Waals surface area contributed by atoms with Crippen LogP contribution in [0.25, 0.3) is 0 Å². The summed E-state index contributed by atoms with van der Waals surface area (Å²) >= 11 is 0. The first-order valence-electron chi connectivity index (χ1n) is 8.66. The van der Waals surface area contributed by atoms with Crippen molar-refractivity contribution in [3.63, 3.8) is 0 Å². The number of carbonyl (C=O) groups excluding carboxylic acids is 1. The molecule has 0 aliphatic carbocycles. The second kappa shape index (κ2) is 9.00. The monoisotopic (exact) mass is 377 g/mol. The highest BCUT2D eigenvalue weighted by Crippen LogP contribution is 2.19. The lowest BCUT2D eigenvalue weighted by molar-refractivity contribution is -0.127. The first kappa shape index (κ1) is 20.2. The van der Waals surface area contributed by atoms with E-state index in [1.54, 1.807) is 12.2 Å². The minimum atomic E-state index is -3.63. The fourth-order valence-corrected chi connectivity index (χ4v) is 4.37. The molecule has 1 aliphatic rings. The number of carbonyl (C=O) groups is 1. The van der Waals surface area contributed by atoms with Gasteiger partial charge in [0, 0.05) is 45.0 Å². The van der Waals surface area contributed by atoms with Gasteiger partial charge in [-0.1, -0.05) is 24.3 Å². The summed E-state index contributed by atoms with van der Waals surface area (Å²) in [4.78, 5) is 15.9. The van der Waals surface area contributed by atoms with E-state index in [1.807, 2.05) is 25.1 Å². The quantitative estimate of drug-likeness (QED) is 0.647. The highest BCUT2D eigenvalue weighted by atomic mass is 32.2. The van der Waals surface area contributed by atoms with Crippen LogP contribution in [0.15, 0.2) is 49.6 Å². The predicted molar refractivity (Wildman–Crippen MR) is 106 cm³/mol. The van der Waals surface area contributed by atoms with Crippen LogP contribution in [0, 0.1) is 6.92 Å². The van der Waals surface area contributed by atoms with Gasteiger partial charge in [-0.3, -0.25) is 4.79 Å². The molecule has 1 heterocycles. The Labute approximate surface area is 156 Å².